The molecule has 0 bridgehead atoms. The molecule has 0 saturated heterocycles. The number of benzene rings is 3. The molecule has 0 unspecified atom stereocenters. The molecule has 4 rings (SSSR count). The molecular weight excluding hydrogens is 506 g/mol. The van der Waals surface area contributed by atoms with Crippen molar-refractivity contribution in [2.24, 2.45) is 0 Å². The van der Waals surface area contributed by atoms with Crippen LogP contribution in [0.15, 0.2) is 63.5 Å². The maximum absolute atomic E-state index is 12.5. The highest BCUT2D eigenvalue weighted by Crippen LogP contribution is 2.33. The standard InChI is InChI=1S/C24H20BrN3O4S/c1-3-13-4-8-21-18(10-13)27-23(32-21)16-7-6-15(12-19(16)29)26-24(33)28-22(30)14-5-9-20(31-2)17(25)11-14/h4-12,29H,3H2,1-2H3,(H2,26,28,30,33). The smallest absolute Gasteiger partial charge is 0.257 e. The van der Waals surface area contributed by atoms with Gasteiger partial charge in [-0.25, -0.2) is 4.98 Å². The third kappa shape index (κ3) is 4.99. The Morgan fingerprint density at radius 2 is 2.00 bits per heavy atom. The summed E-state index contributed by atoms with van der Waals surface area (Å²) in [5.41, 5.74) is 3.91. The van der Waals surface area contributed by atoms with Crippen molar-refractivity contribution in [3.8, 4) is 23.0 Å². The van der Waals surface area contributed by atoms with Crippen LogP contribution in [-0.4, -0.2) is 28.2 Å². The fourth-order valence-corrected chi connectivity index (χ4v) is 3.99. The lowest BCUT2D eigenvalue weighted by Gasteiger charge is -2.11. The topological polar surface area (TPSA) is 96.6 Å². The summed E-state index contributed by atoms with van der Waals surface area (Å²) < 4.78 is 11.6. The van der Waals surface area contributed by atoms with E-state index in [1.165, 1.54) is 6.07 Å². The number of halogens is 1. The first-order chi connectivity index (χ1) is 15.9. The van der Waals surface area contributed by atoms with Crippen molar-refractivity contribution in [3.05, 3.63) is 70.2 Å². The van der Waals surface area contributed by atoms with Crippen molar-refractivity contribution in [1.29, 1.82) is 0 Å². The van der Waals surface area contributed by atoms with Crippen LogP contribution in [0.1, 0.15) is 22.8 Å². The van der Waals surface area contributed by atoms with E-state index in [0.717, 1.165) is 17.5 Å². The van der Waals surface area contributed by atoms with E-state index >= 15 is 0 Å². The van der Waals surface area contributed by atoms with Crippen LogP contribution in [0.25, 0.3) is 22.6 Å². The molecule has 1 aromatic heterocycles. The van der Waals surface area contributed by atoms with Crippen LogP contribution in [-0.2, 0) is 6.42 Å². The molecule has 4 aromatic rings. The SMILES string of the molecule is CCc1ccc2oc(-c3ccc(NC(=S)NC(=O)c4ccc(OC)c(Br)c4)cc3O)nc2c1. The first-order valence-electron chi connectivity index (χ1n) is 10.1. The van der Waals surface area contributed by atoms with Gasteiger partial charge in [-0.1, -0.05) is 13.0 Å². The fourth-order valence-electron chi connectivity index (χ4n) is 3.24. The van der Waals surface area contributed by atoms with Gasteiger partial charge in [-0.15, -0.1) is 0 Å². The fraction of sp³-hybridized carbons (Fsp3) is 0.125. The number of carbonyl (C=O) groups is 1. The summed E-state index contributed by atoms with van der Waals surface area (Å²) in [7, 11) is 1.55. The van der Waals surface area contributed by atoms with Crippen LogP contribution >= 0.6 is 28.1 Å². The van der Waals surface area contributed by atoms with Gasteiger partial charge in [0.25, 0.3) is 5.91 Å². The van der Waals surface area contributed by atoms with Crippen molar-refractivity contribution < 1.29 is 19.1 Å². The van der Waals surface area contributed by atoms with E-state index < -0.39 is 0 Å². The number of methoxy groups -OCH3 is 1. The third-order valence-corrected chi connectivity index (χ3v) is 5.81. The highest BCUT2D eigenvalue weighted by atomic mass is 79.9. The van der Waals surface area contributed by atoms with Gasteiger partial charge in [0.2, 0.25) is 5.89 Å². The van der Waals surface area contributed by atoms with Crippen LogP contribution in [0.2, 0.25) is 0 Å². The maximum Gasteiger partial charge on any atom is 0.257 e. The number of amides is 1. The number of carbonyl (C=O) groups excluding carboxylic acids is 1. The molecule has 1 heterocycles. The van der Waals surface area contributed by atoms with Crippen molar-refractivity contribution in [1.82, 2.24) is 10.3 Å². The molecular formula is C24H20BrN3O4S. The number of anilines is 1. The molecule has 0 aliphatic rings. The number of phenolic OH excluding ortho intramolecular Hbond substituents is 1. The number of aromatic hydroxyl groups is 1. The first kappa shape index (κ1) is 22.8. The number of ether oxygens (including phenoxy) is 1. The van der Waals surface area contributed by atoms with Crippen LogP contribution in [0, 0.1) is 0 Å². The zero-order valence-corrected chi connectivity index (χ0v) is 20.2. The molecule has 0 atom stereocenters. The second kappa shape index (κ2) is 9.60. The monoisotopic (exact) mass is 525 g/mol. The van der Waals surface area contributed by atoms with Crippen molar-refractivity contribution >= 4 is 56.0 Å². The summed E-state index contributed by atoms with van der Waals surface area (Å²) in [6.45, 7) is 2.07. The van der Waals surface area contributed by atoms with E-state index in [1.54, 1.807) is 37.4 Å². The second-order valence-electron chi connectivity index (χ2n) is 7.16. The molecule has 1 amide bonds. The van der Waals surface area contributed by atoms with Gasteiger partial charge in [-0.3, -0.25) is 10.1 Å². The van der Waals surface area contributed by atoms with E-state index in [2.05, 4.69) is 38.5 Å². The van der Waals surface area contributed by atoms with E-state index in [0.29, 0.717) is 38.5 Å². The van der Waals surface area contributed by atoms with Crippen molar-refractivity contribution in [3.63, 3.8) is 0 Å². The molecule has 0 radical (unpaired) electrons. The summed E-state index contributed by atoms with van der Waals surface area (Å²) in [6, 6.07) is 15.7. The number of thiocarbonyl (C=S) groups is 1. The van der Waals surface area contributed by atoms with Gasteiger partial charge in [0.1, 0.15) is 17.0 Å². The van der Waals surface area contributed by atoms with E-state index in [4.69, 9.17) is 21.4 Å². The Balaban J connectivity index is 1.46. The number of nitrogens with zero attached hydrogens (tertiary/aromatic N) is 1. The predicted octanol–water partition coefficient (Wildman–Crippen LogP) is 5.66. The average molecular weight is 526 g/mol. The minimum absolute atomic E-state index is 0.0320. The summed E-state index contributed by atoms with van der Waals surface area (Å²) in [4.78, 5) is 17.0. The summed E-state index contributed by atoms with van der Waals surface area (Å²) in [5, 5.41) is 16.1. The Morgan fingerprint density at radius 3 is 2.70 bits per heavy atom. The summed E-state index contributed by atoms with van der Waals surface area (Å²) in [6.07, 6.45) is 0.899. The molecule has 0 aliphatic heterocycles. The second-order valence-corrected chi connectivity index (χ2v) is 8.43. The summed E-state index contributed by atoms with van der Waals surface area (Å²) >= 11 is 8.59. The van der Waals surface area contributed by atoms with Gasteiger partial charge in [-0.2, -0.15) is 0 Å². The molecule has 9 heteroatoms. The van der Waals surface area contributed by atoms with Gasteiger partial charge >= 0.3 is 0 Å². The average Bonchev–Trinajstić information content (AvgIpc) is 3.21. The van der Waals surface area contributed by atoms with Gasteiger partial charge in [0, 0.05) is 17.3 Å². The molecule has 0 spiro atoms. The van der Waals surface area contributed by atoms with Crippen LogP contribution < -0.4 is 15.4 Å². The molecule has 3 N–H and O–H groups in total. The Hall–Kier alpha value is -3.43. The number of hydrogen-bond acceptors (Lipinski definition) is 6. The number of phenols is 1. The van der Waals surface area contributed by atoms with Gasteiger partial charge in [0.15, 0.2) is 10.7 Å². The Labute approximate surface area is 203 Å². The quantitative estimate of drug-likeness (QED) is 0.289. The van der Waals surface area contributed by atoms with Crippen molar-refractivity contribution in [2.45, 2.75) is 13.3 Å². The first-order valence-corrected chi connectivity index (χ1v) is 11.3. The zero-order chi connectivity index (χ0) is 23.5. The van der Waals surface area contributed by atoms with Crippen molar-refractivity contribution in [2.75, 3.05) is 12.4 Å². The number of aromatic nitrogens is 1. The van der Waals surface area contributed by atoms with Crippen LogP contribution in [0.5, 0.6) is 11.5 Å². The van der Waals surface area contributed by atoms with Gasteiger partial charge < -0.3 is 19.6 Å². The number of fused-ring (bicyclic) bond motifs is 1. The molecule has 7 nitrogen and oxygen atoms in total. The highest BCUT2D eigenvalue weighted by molar-refractivity contribution is 9.10. The van der Waals surface area contributed by atoms with Gasteiger partial charge in [-0.05, 0) is 82.6 Å². The van der Waals surface area contributed by atoms with Crippen LogP contribution in [0.4, 0.5) is 5.69 Å². The molecule has 33 heavy (non-hydrogen) atoms. The Morgan fingerprint density at radius 1 is 1.18 bits per heavy atom. The molecule has 3 aromatic carbocycles. The van der Waals surface area contributed by atoms with E-state index in [1.807, 2.05) is 18.2 Å². The lowest BCUT2D eigenvalue weighted by atomic mass is 10.1. The normalized spacial score (nSPS) is 10.8. The number of hydrogen-bond donors (Lipinski definition) is 3. The van der Waals surface area contributed by atoms with Crippen LogP contribution in [0.3, 0.4) is 0 Å². The zero-order valence-electron chi connectivity index (χ0n) is 17.8. The minimum atomic E-state index is -0.380. The molecule has 0 fully saturated rings. The summed E-state index contributed by atoms with van der Waals surface area (Å²) in [5.74, 6) is 0.529. The van der Waals surface area contributed by atoms with E-state index in [9.17, 15) is 9.90 Å². The number of rotatable bonds is 5. The Bertz CT molecular complexity index is 1370. The van der Waals surface area contributed by atoms with E-state index in [-0.39, 0.29) is 16.8 Å². The number of oxazole rings is 1. The number of nitrogens with one attached hydrogen (secondary N) is 2. The molecule has 168 valence electrons. The number of aryl methyl sites for hydroxylation is 1. The Kier molecular flexibility index (Phi) is 6.62. The lowest BCUT2D eigenvalue weighted by molar-refractivity contribution is 0.0977. The third-order valence-electron chi connectivity index (χ3n) is 4.99. The molecule has 0 saturated carbocycles. The highest BCUT2D eigenvalue weighted by Gasteiger charge is 2.15. The lowest BCUT2D eigenvalue weighted by Crippen LogP contribution is -2.34. The minimum Gasteiger partial charge on any atom is -0.507 e. The molecule has 0 aliphatic carbocycles. The maximum atomic E-state index is 12.5. The van der Waals surface area contributed by atoms with Gasteiger partial charge in [0.05, 0.1) is 17.1 Å². The largest absolute Gasteiger partial charge is 0.507 e. The predicted molar refractivity (Wildman–Crippen MR) is 135 cm³/mol.